The van der Waals surface area contributed by atoms with E-state index in [9.17, 15) is 0 Å². The lowest BCUT2D eigenvalue weighted by Crippen LogP contribution is -2.10. The first kappa shape index (κ1) is 22.8. The predicted octanol–water partition coefficient (Wildman–Crippen LogP) is 10.8. The Kier molecular flexibility index (Phi) is 5.13. The van der Waals surface area contributed by atoms with E-state index < -0.39 is 0 Å². The largest absolute Gasteiger partial charge is 0.0622 e. The quantitative estimate of drug-likeness (QED) is 0.233. The lowest BCUT2D eigenvalue weighted by atomic mass is 9.85. The molecule has 0 heteroatoms. The molecule has 6 aromatic carbocycles. The maximum Gasteiger partial charge on any atom is -0.00201 e. The van der Waals surface area contributed by atoms with Crippen LogP contribution in [0.3, 0.4) is 0 Å². The van der Waals surface area contributed by atoms with Crippen molar-refractivity contribution in [1.29, 1.82) is 0 Å². The van der Waals surface area contributed by atoms with E-state index in [-0.39, 0.29) is 5.41 Å². The highest BCUT2D eigenvalue weighted by molar-refractivity contribution is 6.19. The summed E-state index contributed by atoms with van der Waals surface area (Å²) >= 11 is 0. The molecule has 0 N–H and O–H groups in total. The fraction of sp³-hybridized carbons (Fsp3) is 0.105. The van der Waals surface area contributed by atoms with Gasteiger partial charge in [0, 0.05) is 0 Å². The minimum Gasteiger partial charge on any atom is -0.0622 e. The van der Waals surface area contributed by atoms with Crippen LogP contribution in [0.2, 0.25) is 0 Å². The maximum absolute atomic E-state index is 2.41. The van der Waals surface area contributed by atoms with Crippen molar-refractivity contribution in [3.05, 3.63) is 133 Å². The Labute approximate surface area is 225 Å². The van der Waals surface area contributed by atoms with Crippen LogP contribution in [0, 0.1) is 0 Å². The highest BCUT2D eigenvalue weighted by Crippen LogP contribution is 2.50. The molecule has 7 rings (SSSR count). The topological polar surface area (TPSA) is 0 Å². The zero-order chi connectivity index (χ0) is 25.9. The molecule has 182 valence electrons. The third-order valence-corrected chi connectivity index (χ3v) is 8.03. The molecule has 0 heterocycles. The summed E-state index contributed by atoms with van der Waals surface area (Å²) in [5.41, 5.74) is 14.5. The lowest BCUT2D eigenvalue weighted by molar-refractivity contribution is 0.590. The van der Waals surface area contributed by atoms with Crippen molar-refractivity contribution in [3.63, 3.8) is 0 Å². The van der Waals surface area contributed by atoms with E-state index in [1.54, 1.807) is 0 Å². The third-order valence-electron chi connectivity index (χ3n) is 8.03. The van der Waals surface area contributed by atoms with E-state index in [4.69, 9.17) is 0 Å². The van der Waals surface area contributed by atoms with Crippen LogP contribution in [0.1, 0.15) is 26.3 Å². The molecule has 0 amide bonds. The molecule has 0 atom stereocenters. The van der Waals surface area contributed by atoms with Crippen molar-refractivity contribution in [1.82, 2.24) is 0 Å². The molecule has 0 unspecified atom stereocenters. The van der Waals surface area contributed by atoms with Crippen LogP contribution in [0.4, 0.5) is 0 Å². The average Bonchev–Trinajstić information content (AvgIpc) is 3.28. The van der Waals surface area contributed by atoms with E-state index in [0.29, 0.717) is 0 Å². The Morgan fingerprint density at radius 2 is 0.921 bits per heavy atom. The Hall–Kier alpha value is -4.42. The van der Waals surface area contributed by atoms with Crippen LogP contribution in [0.15, 0.2) is 127 Å². The van der Waals surface area contributed by atoms with Gasteiger partial charge in [-0.15, -0.1) is 0 Å². The normalized spacial score (nSPS) is 12.1. The van der Waals surface area contributed by atoms with Gasteiger partial charge in [-0.25, -0.2) is 0 Å². The molecule has 0 bridgehead atoms. The first-order chi connectivity index (χ1) is 18.5. The molecule has 6 aromatic rings. The lowest BCUT2D eigenvalue weighted by Gasteiger charge is -2.20. The van der Waals surface area contributed by atoms with Gasteiger partial charge in [-0.1, -0.05) is 142 Å². The molecule has 0 saturated heterocycles. The van der Waals surface area contributed by atoms with Gasteiger partial charge in [-0.05, 0) is 83.5 Å². The predicted molar refractivity (Wildman–Crippen MR) is 163 cm³/mol. The van der Waals surface area contributed by atoms with Gasteiger partial charge in [-0.3, -0.25) is 0 Å². The van der Waals surface area contributed by atoms with Crippen LogP contribution in [-0.2, 0) is 5.41 Å². The van der Waals surface area contributed by atoms with Crippen molar-refractivity contribution in [2.45, 2.75) is 26.2 Å². The fourth-order valence-electron chi connectivity index (χ4n) is 6.00. The molecular formula is C38H30. The molecule has 1 aliphatic carbocycles. The van der Waals surface area contributed by atoms with Gasteiger partial charge in [0.25, 0.3) is 0 Å². The summed E-state index contributed by atoms with van der Waals surface area (Å²) in [4.78, 5) is 0. The Bertz CT molecular complexity index is 1810. The van der Waals surface area contributed by atoms with Gasteiger partial charge in [0.2, 0.25) is 0 Å². The van der Waals surface area contributed by atoms with Gasteiger partial charge in [0.05, 0.1) is 0 Å². The monoisotopic (exact) mass is 486 g/mol. The summed E-state index contributed by atoms with van der Waals surface area (Å²) in [7, 11) is 0. The number of hydrogen-bond acceptors (Lipinski definition) is 0. The van der Waals surface area contributed by atoms with E-state index >= 15 is 0 Å². The number of rotatable bonds is 3. The second-order valence-corrected chi connectivity index (χ2v) is 11.4. The van der Waals surface area contributed by atoms with Gasteiger partial charge in [0.1, 0.15) is 0 Å². The summed E-state index contributed by atoms with van der Waals surface area (Å²) < 4.78 is 0. The Balaban J connectivity index is 1.37. The zero-order valence-corrected chi connectivity index (χ0v) is 22.1. The molecule has 1 aliphatic rings. The van der Waals surface area contributed by atoms with Crippen molar-refractivity contribution in [2.75, 3.05) is 0 Å². The molecular weight excluding hydrogens is 456 g/mol. The molecule has 0 nitrogen and oxygen atoms in total. The molecule has 0 aliphatic heterocycles. The molecule has 0 saturated carbocycles. The Morgan fingerprint density at radius 3 is 1.68 bits per heavy atom. The molecule has 0 aromatic heterocycles. The zero-order valence-electron chi connectivity index (χ0n) is 22.1. The van der Waals surface area contributed by atoms with Crippen LogP contribution in [0.5, 0.6) is 0 Å². The summed E-state index contributed by atoms with van der Waals surface area (Å²) in [5, 5.41) is 2.70. The summed E-state index contributed by atoms with van der Waals surface area (Å²) in [6.07, 6.45) is 0. The van der Waals surface area contributed by atoms with E-state index in [0.717, 1.165) is 0 Å². The minimum absolute atomic E-state index is 0.123. The molecule has 0 radical (unpaired) electrons. The second-order valence-electron chi connectivity index (χ2n) is 11.4. The third kappa shape index (κ3) is 3.60. The maximum atomic E-state index is 2.41. The highest BCUT2D eigenvalue weighted by atomic mass is 14.3. The SMILES string of the molecule is CC(C)(C)c1ccc2c(c1)-c1cccc3c(-c4ccccc4-c4ccc(-c5ccccc5)cc4)ccc-2c13. The summed E-state index contributed by atoms with van der Waals surface area (Å²) in [6.45, 7) is 6.87. The van der Waals surface area contributed by atoms with Crippen molar-refractivity contribution < 1.29 is 0 Å². The Morgan fingerprint density at radius 1 is 0.368 bits per heavy atom. The first-order valence-corrected chi connectivity index (χ1v) is 13.5. The second kappa shape index (κ2) is 8.57. The van der Waals surface area contributed by atoms with Crippen LogP contribution in [0.25, 0.3) is 66.4 Å². The molecule has 0 spiro atoms. The van der Waals surface area contributed by atoms with Crippen LogP contribution < -0.4 is 0 Å². The fourth-order valence-corrected chi connectivity index (χ4v) is 6.00. The van der Waals surface area contributed by atoms with E-state index in [1.807, 2.05) is 0 Å². The van der Waals surface area contributed by atoms with Crippen molar-refractivity contribution in [3.8, 4) is 55.6 Å². The average molecular weight is 487 g/mol. The number of fused-ring (bicyclic) bond motifs is 3. The highest BCUT2D eigenvalue weighted by Gasteiger charge is 2.25. The first-order valence-electron chi connectivity index (χ1n) is 13.5. The van der Waals surface area contributed by atoms with E-state index in [1.165, 1.54) is 72.0 Å². The van der Waals surface area contributed by atoms with Gasteiger partial charge in [0.15, 0.2) is 0 Å². The van der Waals surface area contributed by atoms with Gasteiger partial charge < -0.3 is 0 Å². The smallest absolute Gasteiger partial charge is 0.00201 e. The molecule has 0 fully saturated rings. The summed E-state index contributed by atoms with van der Waals surface area (Å²) in [5.74, 6) is 0. The van der Waals surface area contributed by atoms with Crippen molar-refractivity contribution in [2.24, 2.45) is 0 Å². The van der Waals surface area contributed by atoms with Crippen LogP contribution in [-0.4, -0.2) is 0 Å². The van der Waals surface area contributed by atoms with Gasteiger partial charge in [-0.2, -0.15) is 0 Å². The van der Waals surface area contributed by atoms with E-state index in [2.05, 4.69) is 148 Å². The van der Waals surface area contributed by atoms with Gasteiger partial charge >= 0.3 is 0 Å². The number of benzene rings is 6. The minimum atomic E-state index is 0.123. The molecule has 38 heavy (non-hydrogen) atoms. The van der Waals surface area contributed by atoms with Crippen LogP contribution >= 0.6 is 0 Å². The number of hydrogen-bond donors (Lipinski definition) is 0. The summed E-state index contributed by atoms with van der Waals surface area (Å²) in [6, 6.07) is 46.9. The standard InChI is InChI=1S/C38H30/c1-38(2,3)28-20-21-32-35-23-22-31(33-14-9-15-34(37(33)35)36(32)24-28)30-13-8-7-12-29(30)27-18-16-26(17-19-27)25-10-5-4-6-11-25/h4-24H,1-3H3. The van der Waals surface area contributed by atoms with Crippen molar-refractivity contribution >= 4 is 10.8 Å².